The third kappa shape index (κ3) is 4.54. The first-order valence-electron chi connectivity index (χ1n) is 9.75. The third-order valence-corrected chi connectivity index (χ3v) is 6.13. The predicted molar refractivity (Wildman–Crippen MR) is 110 cm³/mol. The molecule has 7 heteroatoms. The van der Waals surface area contributed by atoms with Gasteiger partial charge in [-0.2, -0.15) is 0 Å². The Morgan fingerprint density at radius 1 is 1.04 bits per heavy atom. The molecular formula is C21H25N3O3S. The Morgan fingerprint density at radius 3 is 2.46 bits per heavy atom. The number of rotatable bonds is 6. The van der Waals surface area contributed by atoms with Crippen LogP contribution in [0.1, 0.15) is 17.7 Å². The minimum atomic E-state index is 0.0228. The molecule has 148 valence electrons. The highest BCUT2D eigenvalue weighted by Crippen LogP contribution is 2.24. The van der Waals surface area contributed by atoms with Crippen LogP contribution in [0.5, 0.6) is 5.75 Å². The molecule has 6 nitrogen and oxygen atoms in total. The van der Waals surface area contributed by atoms with Crippen molar-refractivity contribution in [3.63, 3.8) is 0 Å². The number of nitrogens with zero attached hydrogens (tertiary/aromatic N) is 3. The lowest BCUT2D eigenvalue weighted by molar-refractivity contribution is -0.135. The Balaban J connectivity index is 1.22. The van der Waals surface area contributed by atoms with Crippen LogP contribution in [-0.4, -0.2) is 60.9 Å². The fraction of sp³-hybridized carbons (Fsp3) is 0.429. The van der Waals surface area contributed by atoms with Gasteiger partial charge in [-0.05, 0) is 42.1 Å². The topological polar surface area (TPSA) is 53.1 Å². The number of benzene rings is 1. The molecule has 28 heavy (non-hydrogen) atoms. The van der Waals surface area contributed by atoms with Gasteiger partial charge in [0.25, 0.3) is 5.91 Å². The fourth-order valence-corrected chi connectivity index (χ4v) is 4.40. The van der Waals surface area contributed by atoms with Crippen molar-refractivity contribution >= 4 is 28.8 Å². The van der Waals surface area contributed by atoms with Gasteiger partial charge in [-0.15, -0.1) is 11.3 Å². The van der Waals surface area contributed by atoms with Crippen LogP contribution in [0.25, 0.3) is 0 Å². The molecule has 2 aliphatic rings. The van der Waals surface area contributed by atoms with Crippen molar-refractivity contribution in [2.75, 3.05) is 44.2 Å². The highest BCUT2D eigenvalue weighted by Gasteiger charge is 2.23. The zero-order chi connectivity index (χ0) is 19.3. The summed E-state index contributed by atoms with van der Waals surface area (Å²) < 4.78 is 5.67. The number of hydrogen-bond acceptors (Lipinski definition) is 5. The lowest BCUT2D eigenvalue weighted by Crippen LogP contribution is -2.49. The maximum atomic E-state index is 12.4. The molecule has 2 amide bonds. The first kappa shape index (κ1) is 19.0. The van der Waals surface area contributed by atoms with Crippen LogP contribution in [0, 0.1) is 0 Å². The largest absolute Gasteiger partial charge is 0.484 e. The average Bonchev–Trinajstić information content (AvgIpc) is 3.39. The van der Waals surface area contributed by atoms with Gasteiger partial charge in [0.15, 0.2) is 6.61 Å². The summed E-state index contributed by atoms with van der Waals surface area (Å²) >= 11 is 1.77. The second-order valence-corrected chi connectivity index (χ2v) is 8.20. The van der Waals surface area contributed by atoms with Gasteiger partial charge in [-0.3, -0.25) is 14.5 Å². The lowest BCUT2D eigenvalue weighted by Gasteiger charge is -2.34. The van der Waals surface area contributed by atoms with Crippen molar-refractivity contribution < 1.29 is 14.3 Å². The molecule has 0 unspecified atom stereocenters. The minimum Gasteiger partial charge on any atom is -0.484 e. The van der Waals surface area contributed by atoms with Gasteiger partial charge in [-0.25, -0.2) is 0 Å². The molecule has 2 aromatic rings. The Kier molecular flexibility index (Phi) is 5.92. The maximum Gasteiger partial charge on any atom is 0.260 e. The molecule has 2 aliphatic heterocycles. The van der Waals surface area contributed by atoms with Gasteiger partial charge < -0.3 is 14.5 Å². The van der Waals surface area contributed by atoms with Crippen LogP contribution in [0.4, 0.5) is 5.69 Å². The Hall–Kier alpha value is -2.38. The van der Waals surface area contributed by atoms with E-state index >= 15 is 0 Å². The summed E-state index contributed by atoms with van der Waals surface area (Å²) in [5.74, 6) is 0.844. The van der Waals surface area contributed by atoms with Crippen molar-refractivity contribution in [2.45, 2.75) is 19.4 Å². The van der Waals surface area contributed by atoms with E-state index in [4.69, 9.17) is 4.74 Å². The van der Waals surface area contributed by atoms with E-state index in [9.17, 15) is 9.59 Å². The van der Waals surface area contributed by atoms with Crippen molar-refractivity contribution in [3.8, 4) is 5.75 Å². The molecule has 4 rings (SSSR count). The molecule has 3 heterocycles. The normalized spacial score (nSPS) is 17.9. The van der Waals surface area contributed by atoms with Crippen LogP contribution in [-0.2, 0) is 16.1 Å². The standard InChI is InChI=1S/C21H25N3O3S/c25-20-4-1-9-24(20)17-5-7-18(8-6-17)27-16-21(26)23-12-10-22(11-13-23)15-19-3-2-14-28-19/h2-3,5-8,14H,1,4,9-13,15-16H2. The van der Waals surface area contributed by atoms with E-state index < -0.39 is 0 Å². The zero-order valence-corrected chi connectivity index (χ0v) is 16.7. The number of carbonyl (C=O) groups is 2. The summed E-state index contributed by atoms with van der Waals surface area (Å²) in [5, 5.41) is 2.10. The van der Waals surface area contributed by atoms with Gasteiger partial charge in [0, 0.05) is 56.3 Å². The molecule has 1 aromatic carbocycles. The number of piperazine rings is 1. The molecular weight excluding hydrogens is 374 g/mol. The van der Waals surface area contributed by atoms with Crippen LogP contribution in [0.3, 0.4) is 0 Å². The second kappa shape index (κ2) is 8.75. The number of ether oxygens (including phenoxy) is 1. The minimum absolute atomic E-state index is 0.0228. The molecule has 0 spiro atoms. The quantitative estimate of drug-likeness (QED) is 0.749. The highest BCUT2D eigenvalue weighted by molar-refractivity contribution is 7.09. The first-order valence-corrected chi connectivity index (χ1v) is 10.6. The third-order valence-electron chi connectivity index (χ3n) is 5.27. The average molecular weight is 400 g/mol. The first-order chi connectivity index (χ1) is 13.7. The molecule has 1 aromatic heterocycles. The summed E-state index contributed by atoms with van der Waals surface area (Å²) in [6, 6.07) is 11.6. The van der Waals surface area contributed by atoms with Crippen LogP contribution in [0.15, 0.2) is 41.8 Å². The molecule has 0 bridgehead atoms. The van der Waals surface area contributed by atoms with E-state index in [1.165, 1.54) is 4.88 Å². The molecule has 2 saturated heterocycles. The van der Waals surface area contributed by atoms with E-state index in [0.29, 0.717) is 12.2 Å². The van der Waals surface area contributed by atoms with Gasteiger partial charge in [0.05, 0.1) is 0 Å². The Bertz CT molecular complexity index is 799. The number of carbonyl (C=O) groups excluding carboxylic acids is 2. The van der Waals surface area contributed by atoms with Crippen LogP contribution >= 0.6 is 11.3 Å². The Morgan fingerprint density at radius 2 is 1.82 bits per heavy atom. The molecule has 0 saturated carbocycles. The van der Waals surface area contributed by atoms with E-state index in [1.807, 2.05) is 29.2 Å². The van der Waals surface area contributed by atoms with E-state index in [2.05, 4.69) is 22.4 Å². The van der Waals surface area contributed by atoms with E-state index in [1.54, 1.807) is 16.2 Å². The van der Waals surface area contributed by atoms with Crippen molar-refractivity contribution in [3.05, 3.63) is 46.7 Å². The van der Waals surface area contributed by atoms with E-state index in [-0.39, 0.29) is 18.4 Å². The second-order valence-electron chi connectivity index (χ2n) is 7.17. The van der Waals surface area contributed by atoms with Crippen molar-refractivity contribution in [1.82, 2.24) is 9.80 Å². The molecule has 0 radical (unpaired) electrons. The van der Waals surface area contributed by atoms with E-state index in [0.717, 1.165) is 51.4 Å². The summed E-state index contributed by atoms with van der Waals surface area (Å²) in [5.41, 5.74) is 0.892. The number of anilines is 1. The summed E-state index contributed by atoms with van der Waals surface area (Å²) in [4.78, 5) is 31.7. The maximum absolute atomic E-state index is 12.4. The molecule has 0 N–H and O–H groups in total. The Labute approximate surface area is 169 Å². The monoisotopic (exact) mass is 399 g/mol. The number of thiophene rings is 1. The number of amides is 2. The van der Waals surface area contributed by atoms with Crippen LogP contribution in [0.2, 0.25) is 0 Å². The number of hydrogen-bond donors (Lipinski definition) is 0. The SMILES string of the molecule is O=C(COc1ccc(N2CCCC2=O)cc1)N1CCN(Cc2cccs2)CC1. The van der Waals surface area contributed by atoms with Gasteiger partial charge in [0.2, 0.25) is 5.91 Å². The molecule has 2 fully saturated rings. The summed E-state index contributed by atoms with van der Waals surface area (Å²) in [6.07, 6.45) is 1.53. The van der Waals surface area contributed by atoms with Gasteiger partial charge >= 0.3 is 0 Å². The van der Waals surface area contributed by atoms with Crippen molar-refractivity contribution in [2.24, 2.45) is 0 Å². The summed E-state index contributed by atoms with van der Waals surface area (Å²) in [7, 11) is 0. The highest BCUT2D eigenvalue weighted by atomic mass is 32.1. The molecule has 0 atom stereocenters. The lowest BCUT2D eigenvalue weighted by atomic mass is 10.2. The smallest absolute Gasteiger partial charge is 0.260 e. The zero-order valence-electron chi connectivity index (χ0n) is 15.9. The summed E-state index contributed by atoms with van der Waals surface area (Å²) in [6.45, 7) is 5.04. The fourth-order valence-electron chi connectivity index (χ4n) is 3.66. The predicted octanol–water partition coefficient (Wildman–Crippen LogP) is 2.60. The van der Waals surface area contributed by atoms with Gasteiger partial charge in [-0.1, -0.05) is 6.07 Å². The van der Waals surface area contributed by atoms with Crippen LogP contribution < -0.4 is 9.64 Å². The van der Waals surface area contributed by atoms with Crippen molar-refractivity contribution in [1.29, 1.82) is 0 Å². The molecule has 0 aliphatic carbocycles. The van der Waals surface area contributed by atoms with Gasteiger partial charge in [0.1, 0.15) is 5.75 Å².